The molecule has 4 rings (SSSR count). The van der Waals surface area contributed by atoms with Gasteiger partial charge in [0.2, 0.25) is 5.91 Å². The minimum atomic E-state index is -4.59. The van der Waals surface area contributed by atoms with Gasteiger partial charge in [-0.15, -0.1) is 0 Å². The van der Waals surface area contributed by atoms with Crippen LogP contribution in [0, 0.1) is 0 Å². The van der Waals surface area contributed by atoms with Crippen LogP contribution in [0.3, 0.4) is 0 Å². The van der Waals surface area contributed by atoms with Crippen LogP contribution in [-0.2, 0) is 20.5 Å². The molecule has 2 aliphatic rings. The molecular weight excluding hydrogens is 495 g/mol. The first-order valence-corrected chi connectivity index (χ1v) is 12.5. The molecule has 1 unspecified atom stereocenters. The molecule has 6 nitrogen and oxygen atoms in total. The lowest BCUT2D eigenvalue weighted by Crippen LogP contribution is -2.48. The van der Waals surface area contributed by atoms with E-state index in [1.165, 1.54) is 29.2 Å². The van der Waals surface area contributed by atoms with Gasteiger partial charge in [-0.3, -0.25) is 4.79 Å². The summed E-state index contributed by atoms with van der Waals surface area (Å²) in [7, 11) is 0. The van der Waals surface area contributed by atoms with E-state index in [2.05, 4.69) is 0 Å². The Balaban J connectivity index is 1.53. The lowest BCUT2D eigenvalue weighted by atomic mass is 10.0. The molecule has 0 bridgehead atoms. The normalized spacial score (nSPS) is 17.8. The number of likely N-dealkylation sites (tertiary alicyclic amines) is 1. The molecule has 1 atom stereocenters. The number of esters is 1. The molecule has 192 valence electrons. The van der Waals surface area contributed by atoms with Crippen LogP contribution >= 0.6 is 11.8 Å². The standard InChI is InChI=1S/C26H26F3NO5S/c1-2-33-25(32)20-5-3-4-12-30(20)24(31)11-7-17-6-10-23(19(15-17)26(27,28)29)36-18-8-9-21-22(16-18)35-14-13-34-21/h6-11,15-16,20H,2-5,12-14H2,1H3/b11-7+. The van der Waals surface area contributed by atoms with Gasteiger partial charge in [-0.05, 0) is 68.2 Å². The van der Waals surface area contributed by atoms with Crippen LogP contribution in [0.25, 0.3) is 6.08 Å². The van der Waals surface area contributed by atoms with Crippen molar-refractivity contribution in [3.05, 3.63) is 53.6 Å². The van der Waals surface area contributed by atoms with Crippen LogP contribution in [-0.4, -0.2) is 49.2 Å². The van der Waals surface area contributed by atoms with E-state index in [1.54, 1.807) is 25.1 Å². The number of fused-ring (bicyclic) bond motifs is 1. The van der Waals surface area contributed by atoms with Crippen LogP contribution in [0.1, 0.15) is 37.3 Å². The highest BCUT2D eigenvalue weighted by atomic mass is 32.2. The highest BCUT2D eigenvalue weighted by Crippen LogP contribution is 2.42. The highest BCUT2D eigenvalue weighted by Gasteiger charge is 2.34. The Labute approximate surface area is 211 Å². The molecule has 2 aromatic rings. The number of hydrogen-bond acceptors (Lipinski definition) is 6. The van der Waals surface area contributed by atoms with Gasteiger partial charge in [0.1, 0.15) is 19.3 Å². The van der Waals surface area contributed by atoms with Gasteiger partial charge in [0.05, 0.1) is 12.2 Å². The van der Waals surface area contributed by atoms with Crippen molar-refractivity contribution < 1.29 is 37.0 Å². The molecule has 0 spiro atoms. The fraction of sp³-hybridized carbons (Fsp3) is 0.385. The van der Waals surface area contributed by atoms with E-state index < -0.39 is 29.7 Å². The first kappa shape index (κ1) is 25.9. The number of amides is 1. The van der Waals surface area contributed by atoms with E-state index in [-0.39, 0.29) is 17.1 Å². The van der Waals surface area contributed by atoms with Crippen molar-refractivity contribution >= 4 is 29.7 Å². The molecule has 10 heteroatoms. The van der Waals surface area contributed by atoms with Crippen molar-refractivity contribution in [3.63, 3.8) is 0 Å². The zero-order chi connectivity index (χ0) is 25.7. The summed E-state index contributed by atoms with van der Waals surface area (Å²) in [6.07, 6.45) is 0.00971. The summed E-state index contributed by atoms with van der Waals surface area (Å²) in [5.74, 6) is 0.164. The Morgan fingerprint density at radius 3 is 2.64 bits per heavy atom. The van der Waals surface area contributed by atoms with Crippen molar-refractivity contribution in [2.45, 2.75) is 48.2 Å². The average Bonchev–Trinajstić information content (AvgIpc) is 2.87. The number of rotatable bonds is 6. The smallest absolute Gasteiger partial charge is 0.417 e. The third kappa shape index (κ3) is 6.16. The van der Waals surface area contributed by atoms with Crippen LogP contribution in [0.5, 0.6) is 11.5 Å². The maximum atomic E-state index is 13.9. The zero-order valence-electron chi connectivity index (χ0n) is 19.7. The van der Waals surface area contributed by atoms with Crippen LogP contribution in [0.2, 0.25) is 0 Å². The number of piperidine rings is 1. The first-order valence-electron chi connectivity index (χ1n) is 11.7. The second-order valence-electron chi connectivity index (χ2n) is 8.29. The zero-order valence-corrected chi connectivity index (χ0v) is 20.5. The second-order valence-corrected chi connectivity index (χ2v) is 9.40. The molecule has 0 radical (unpaired) electrons. The van der Waals surface area contributed by atoms with Gasteiger partial charge in [0.15, 0.2) is 11.5 Å². The molecule has 1 fully saturated rings. The lowest BCUT2D eigenvalue weighted by molar-refractivity contribution is -0.155. The molecular formula is C26H26F3NO5S. The van der Waals surface area contributed by atoms with Crippen molar-refractivity contribution in [1.29, 1.82) is 0 Å². The van der Waals surface area contributed by atoms with Gasteiger partial charge >= 0.3 is 12.1 Å². The number of ether oxygens (including phenoxy) is 3. The number of hydrogen-bond donors (Lipinski definition) is 0. The molecule has 1 saturated heterocycles. The van der Waals surface area contributed by atoms with E-state index in [9.17, 15) is 22.8 Å². The average molecular weight is 522 g/mol. The summed E-state index contributed by atoms with van der Waals surface area (Å²) in [6, 6.07) is 8.27. The third-order valence-electron chi connectivity index (χ3n) is 5.81. The van der Waals surface area contributed by atoms with E-state index in [4.69, 9.17) is 14.2 Å². The number of carbonyl (C=O) groups is 2. The Kier molecular flexibility index (Phi) is 8.13. The number of nitrogens with zero attached hydrogens (tertiary/aromatic N) is 1. The van der Waals surface area contributed by atoms with Gasteiger partial charge in [-0.25, -0.2) is 4.79 Å². The molecule has 1 amide bonds. The number of alkyl halides is 3. The second kappa shape index (κ2) is 11.3. The molecule has 0 N–H and O–H groups in total. The van der Waals surface area contributed by atoms with Gasteiger partial charge in [-0.2, -0.15) is 13.2 Å². The number of benzene rings is 2. The van der Waals surface area contributed by atoms with Crippen LogP contribution in [0.4, 0.5) is 13.2 Å². The monoisotopic (exact) mass is 521 g/mol. The topological polar surface area (TPSA) is 65.1 Å². The first-order chi connectivity index (χ1) is 17.3. The van der Waals surface area contributed by atoms with E-state index >= 15 is 0 Å². The van der Waals surface area contributed by atoms with Crippen LogP contribution in [0.15, 0.2) is 52.3 Å². The van der Waals surface area contributed by atoms with Crippen molar-refractivity contribution in [2.24, 2.45) is 0 Å². The van der Waals surface area contributed by atoms with E-state index in [0.717, 1.165) is 30.7 Å². The molecule has 0 saturated carbocycles. The van der Waals surface area contributed by atoms with Crippen LogP contribution < -0.4 is 9.47 Å². The minimum absolute atomic E-state index is 0.0288. The Hall–Kier alpha value is -3.14. The maximum absolute atomic E-state index is 13.9. The van der Waals surface area contributed by atoms with Crippen molar-refractivity contribution in [3.8, 4) is 11.5 Å². The lowest BCUT2D eigenvalue weighted by Gasteiger charge is -2.33. The fourth-order valence-corrected chi connectivity index (χ4v) is 5.09. The van der Waals surface area contributed by atoms with E-state index in [1.807, 2.05) is 0 Å². The maximum Gasteiger partial charge on any atom is 0.417 e. The molecule has 2 aromatic carbocycles. The summed E-state index contributed by atoms with van der Waals surface area (Å²) in [5, 5.41) is 0. The molecule has 2 aliphatic heterocycles. The van der Waals surface area contributed by atoms with Gasteiger partial charge in [-0.1, -0.05) is 17.8 Å². The molecule has 0 aliphatic carbocycles. The highest BCUT2D eigenvalue weighted by molar-refractivity contribution is 7.99. The Morgan fingerprint density at radius 1 is 1.11 bits per heavy atom. The third-order valence-corrected chi connectivity index (χ3v) is 6.88. The van der Waals surface area contributed by atoms with Gasteiger partial charge < -0.3 is 19.1 Å². The molecule has 36 heavy (non-hydrogen) atoms. The summed E-state index contributed by atoms with van der Waals surface area (Å²) in [6.45, 7) is 3.11. The quantitative estimate of drug-likeness (QED) is 0.365. The fourth-order valence-electron chi connectivity index (χ4n) is 4.12. The number of carbonyl (C=O) groups excluding carboxylic acids is 2. The van der Waals surface area contributed by atoms with Gasteiger partial charge in [0, 0.05) is 22.4 Å². The SMILES string of the molecule is CCOC(=O)C1CCCCN1C(=O)/C=C/c1ccc(Sc2ccc3c(c2)OCCO3)c(C(F)(F)F)c1. The molecule has 2 heterocycles. The van der Waals surface area contributed by atoms with Gasteiger partial charge in [0.25, 0.3) is 0 Å². The minimum Gasteiger partial charge on any atom is -0.486 e. The van der Waals surface area contributed by atoms with E-state index in [0.29, 0.717) is 42.6 Å². The largest absolute Gasteiger partial charge is 0.486 e. The predicted octanol–water partition coefficient (Wildman–Crippen LogP) is 5.59. The van der Waals surface area contributed by atoms with Crippen molar-refractivity contribution in [1.82, 2.24) is 4.90 Å². The van der Waals surface area contributed by atoms with Crippen molar-refractivity contribution in [2.75, 3.05) is 26.4 Å². The molecule has 0 aromatic heterocycles. The Bertz CT molecular complexity index is 1150. The Morgan fingerprint density at radius 2 is 1.89 bits per heavy atom. The summed E-state index contributed by atoms with van der Waals surface area (Å²) in [5.41, 5.74) is -0.578. The predicted molar refractivity (Wildman–Crippen MR) is 128 cm³/mol. The summed E-state index contributed by atoms with van der Waals surface area (Å²) >= 11 is 0.972. The summed E-state index contributed by atoms with van der Waals surface area (Å²) < 4.78 is 57.8. The summed E-state index contributed by atoms with van der Waals surface area (Å²) in [4.78, 5) is 27.0. The number of halogens is 3.